The molecule has 170 valence electrons. The van der Waals surface area contributed by atoms with Crippen molar-refractivity contribution in [3.05, 3.63) is 64.6 Å². The van der Waals surface area contributed by atoms with Gasteiger partial charge in [-0.2, -0.15) is 0 Å². The number of amides is 1. The molecular formula is C22H23ClFN3O4S. The van der Waals surface area contributed by atoms with Crippen molar-refractivity contribution in [2.45, 2.75) is 37.6 Å². The van der Waals surface area contributed by atoms with E-state index in [1.54, 1.807) is 24.3 Å². The van der Waals surface area contributed by atoms with Gasteiger partial charge in [0.25, 0.3) is 5.91 Å². The smallest absolute Gasteiger partial charge is 0.256 e. The van der Waals surface area contributed by atoms with E-state index in [-0.39, 0.29) is 34.5 Å². The molecule has 32 heavy (non-hydrogen) atoms. The molecule has 3 aromatic rings. The summed E-state index contributed by atoms with van der Waals surface area (Å²) in [4.78, 5) is 16.1. The lowest BCUT2D eigenvalue weighted by Gasteiger charge is -2.11. The van der Waals surface area contributed by atoms with Crippen LogP contribution >= 0.6 is 11.6 Å². The van der Waals surface area contributed by atoms with E-state index in [9.17, 15) is 22.7 Å². The van der Waals surface area contributed by atoms with Gasteiger partial charge in [0.2, 0.25) is 10.0 Å². The first kappa shape index (κ1) is 23.9. The molecule has 0 radical (unpaired) electrons. The van der Waals surface area contributed by atoms with Crippen molar-refractivity contribution in [2.24, 2.45) is 0 Å². The molecule has 0 aliphatic heterocycles. The Kier molecular flexibility index (Phi) is 7.65. The fourth-order valence-corrected chi connectivity index (χ4v) is 4.32. The number of halogens is 2. The number of carbonyl (C=O) groups is 1. The normalized spacial score (nSPS) is 11.6. The number of nitrogens with one attached hydrogen (secondary N) is 2. The van der Waals surface area contributed by atoms with Crippen molar-refractivity contribution in [2.75, 3.05) is 6.54 Å². The van der Waals surface area contributed by atoms with Crippen molar-refractivity contribution >= 4 is 38.4 Å². The van der Waals surface area contributed by atoms with Crippen LogP contribution < -0.4 is 10.0 Å². The second-order valence-electron chi connectivity index (χ2n) is 7.24. The molecule has 7 nitrogen and oxygen atoms in total. The highest BCUT2D eigenvalue weighted by molar-refractivity contribution is 7.89. The summed E-state index contributed by atoms with van der Waals surface area (Å²) in [5.74, 6) is -2.11. The number of aromatic hydroxyl groups is 1. The quantitative estimate of drug-likeness (QED) is 0.400. The fourth-order valence-electron chi connectivity index (χ4n) is 3.09. The molecule has 3 N–H and O–H groups in total. The molecule has 3 rings (SSSR count). The standard InChI is InChI=1S/C22H23ClFN3O4S/c1-2-3-4-9-27-32(30,31)16-10-17-20(19(24)11-16)25-13-18(21(17)28)22(29)26-12-14-5-7-15(23)8-6-14/h5-8,10-11,13,27H,2-4,9,12H2,1H3,(H,25,28)(H,26,29). The molecule has 0 aliphatic carbocycles. The summed E-state index contributed by atoms with van der Waals surface area (Å²) in [7, 11) is -3.99. The average molecular weight is 480 g/mol. The molecule has 1 amide bonds. The minimum absolute atomic E-state index is 0.165. The Morgan fingerprint density at radius 3 is 2.59 bits per heavy atom. The number of fused-ring (bicyclic) bond motifs is 1. The van der Waals surface area contributed by atoms with Crippen LogP contribution in [0.5, 0.6) is 5.75 Å². The predicted octanol–water partition coefficient (Wildman–Crippen LogP) is 4.13. The number of carbonyl (C=O) groups excluding carboxylic acids is 1. The Labute approximate surface area is 190 Å². The Balaban J connectivity index is 1.87. The number of hydrogen-bond acceptors (Lipinski definition) is 5. The molecule has 2 aromatic carbocycles. The third-order valence-electron chi connectivity index (χ3n) is 4.86. The second kappa shape index (κ2) is 10.2. The van der Waals surface area contributed by atoms with Crippen LogP contribution in [0.2, 0.25) is 5.02 Å². The Hall–Kier alpha value is -2.75. The van der Waals surface area contributed by atoms with Crippen LogP contribution in [0.25, 0.3) is 10.9 Å². The lowest BCUT2D eigenvalue weighted by atomic mass is 10.1. The first-order valence-corrected chi connectivity index (χ1v) is 11.9. The third-order valence-corrected chi connectivity index (χ3v) is 6.56. The number of aromatic nitrogens is 1. The van der Waals surface area contributed by atoms with Gasteiger partial charge in [-0.1, -0.05) is 43.5 Å². The highest BCUT2D eigenvalue weighted by atomic mass is 35.5. The molecule has 1 heterocycles. The number of hydrogen-bond donors (Lipinski definition) is 3. The molecule has 0 saturated heterocycles. The SMILES string of the molecule is CCCCCNS(=O)(=O)c1cc(F)c2ncc(C(=O)NCc3ccc(Cl)cc3)c(O)c2c1. The molecule has 0 bridgehead atoms. The minimum atomic E-state index is -3.99. The third kappa shape index (κ3) is 5.53. The first-order chi connectivity index (χ1) is 15.2. The average Bonchev–Trinajstić information content (AvgIpc) is 2.76. The molecule has 0 atom stereocenters. The van der Waals surface area contributed by atoms with Crippen molar-refractivity contribution in [1.82, 2.24) is 15.0 Å². The van der Waals surface area contributed by atoms with Crippen LogP contribution in [0.3, 0.4) is 0 Å². The van der Waals surface area contributed by atoms with Crippen LogP contribution in [0.15, 0.2) is 47.5 Å². The maximum absolute atomic E-state index is 14.6. The number of unbranched alkanes of at least 4 members (excludes halogenated alkanes) is 2. The van der Waals surface area contributed by atoms with E-state index in [1.165, 1.54) is 0 Å². The summed E-state index contributed by atoms with van der Waals surface area (Å²) in [6.45, 7) is 2.37. The summed E-state index contributed by atoms with van der Waals surface area (Å²) >= 11 is 5.84. The summed E-state index contributed by atoms with van der Waals surface area (Å²) in [6, 6.07) is 8.79. The Morgan fingerprint density at radius 2 is 1.91 bits per heavy atom. The summed E-state index contributed by atoms with van der Waals surface area (Å²) in [5.41, 5.74) is 0.350. The molecule has 0 spiro atoms. The Morgan fingerprint density at radius 1 is 1.19 bits per heavy atom. The Bertz CT molecular complexity index is 1230. The van der Waals surface area contributed by atoms with Crippen molar-refractivity contribution < 1.29 is 22.7 Å². The minimum Gasteiger partial charge on any atom is -0.506 e. The molecule has 10 heteroatoms. The predicted molar refractivity (Wildman–Crippen MR) is 121 cm³/mol. The maximum Gasteiger partial charge on any atom is 0.256 e. The van der Waals surface area contributed by atoms with Gasteiger partial charge in [0.15, 0.2) is 5.82 Å². The molecule has 0 aliphatic rings. The van der Waals surface area contributed by atoms with Crippen LogP contribution in [0.1, 0.15) is 42.1 Å². The zero-order valence-corrected chi connectivity index (χ0v) is 18.9. The van der Waals surface area contributed by atoms with Crippen LogP contribution in [-0.4, -0.2) is 31.0 Å². The van der Waals surface area contributed by atoms with Gasteiger partial charge in [0, 0.05) is 29.7 Å². The molecule has 0 unspecified atom stereocenters. The van der Waals surface area contributed by atoms with Gasteiger partial charge in [0.1, 0.15) is 16.8 Å². The maximum atomic E-state index is 14.6. The van der Waals surface area contributed by atoms with Crippen LogP contribution in [-0.2, 0) is 16.6 Å². The van der Waals surface area contributed by atoms with Crippen molar-refractivity contribution in [1.29, 1.82) is 0 Å². The highest BCUT2D eigenvalue weighted by Crippen LogP contribution is 2.31. The van der Waals surface area contributed by atoms with E-state index < -0.39 is 27.5 Å². The summed E-state index contributed by atoms with van der Waals surface area (Å²) in [5, 5.41) is 13.6. The van der Waals surface area contributed by atoms with Gasteiger partial charge >= 0.3 is 0 Å². The van der Waals surface area contributed by atoms with Crippen LogP contribution in [0, 0.1) is 5.82 Å². The lowest BCUT2D eigenvalue weighted by molar-refractivity contribution is 0.0948. The van der Waals surface area contributed by atoms with Gasteiger partial charge in [-0.3, -0.25) is 9.78 Å². The van der Waals surface area contributed by atoms with E-state index in [1.807, 2.05) is 6.92 Å². The largest absolute Gasteiger partial charge is 0.506 e. The molecular weight excluding hydrogens is 457 g/mol. The zero-order valence-electron chi connectivity index (χ0n) is 17.4. The number of rotatable bonds is 9. The van der Waals surface area contributed by atoms with Gasteiger partial charge < -0.3 is 10.4 Å². The molecule has 0 fully saturated rings. The zero-order chi connectivity index (χ0) is 23.3. The van der Waals surface area contributed by atoms with Crippen molar-refractivity contribution in [3.63, 3.8) is 0 Å². The van der Waals surface area contributed by atoms with Crippen molar-refractivity contribution in [3.8, 4) is 5.75 Å². The number of pyridine rings is 1. The van der Waals surface area contributed by atoms with E-state index in [0.717, 1.165) is 36.7 Å². The number of benzene rings is 2. The molecule has 1 aromatic heterocycles. The van der Waals surface area contributed by atoms with E-state index in [2.05, 4.69) is 15.0 Å². The summed E-state index contributed by atoms with van der Waals surface area (Å²) in [6.07, 6.45) is 3.48. The van der Waals surface area contributed by atoms with Gasteiger partial charge in [-0.25, -0.2) is 17.5 Å². The van der Waals surface area contributed by atoms with E-state index >= 15 is 0 Å². The molecule has 0 saturated carbocycles. The summed E-state index contributed by atoms with van der Waals surface area (Å²) < 4.78 is 42.0. The topological polar surface area (TPSA) is 108 Å². The number of nitrogens with zero attached hydrogens (tertiary/aromatic N) is 1. The first-order valence-electron chi connectivity index (χ1n) is 10.1. The second-order valence-corrected chi connectivity index (χ2v) is 9.44. The number of sulfonamides is 1. The highest BCUT2D eigenvalue weighted by Gasteiger charge is 2.21. The van der Waals surface area contributed by atoms with E-state index in [4.69, 9.17) is 11.6 Å². The van der Waals surface area contributed by atoms with Gasteiger partial charge in [-0.15, -0.1) is 0 Å². The van der Waals surface area contributed by atoms with Gasteiger partial charge in [-0.05, 0) is 36.2 Å². The fraction of sp³-hybridized carbons (Fsp3) is 0.273. The van der Waals surface area contributed by atoms with Crippen LogP contribution in [0.4, 0.5) is 4.39 Å². The van der Waals surface area contributed by atoms with E-state index in [0.29, 0.717) is 11.4 Å². The van der Waals surface area contributed by atoms with Gasteiger partial charge in [0.05, 0.1) is 4.90 Å². The lowest BCUT2D eigenvalue weighted by Crippen LogP contribution is -2.25. The monoisotopic (exact) mass is 479 g/mol.